The van der Waals surface area contributed by atoms with Crippen LogP contribution in [-0.2, 0) is 4.79 Å². The number of aromatic hydroxyl groups is 1. The number of likely N-dealkylation sites (N-methyl/N-ethyl adjacent to an activating group) is 2. The summed E-state index contributed by atoms with van der Waals surface area (Å²) < 4.78 is 0. The van der Waals surface area contributed by atoms with E-state index in [-0.39, 0.29) is 29.7 Å². The Hall–Kier alpha value is -2.04. The lowest BCUT2D eigenvalue weighted by Crippen LogP contribution is -2.39. The fourth-order valence-electron chi connectivity index (χ4n) is 1.40. The van der Waals surface area contributed by atoms with E-state index in [0.717, 1.165) is 0 Å². The molecule has 1 aromatic carbocycles. The summed E-state index contributed by atoms with van der Waals surface area (Å²) in [5, 5.41) is 12.0. The molecular formula is C12H16N2O3. The highest BCUT2D eigenvalue weighted by Crippen LogP contribution is 2.17. The molecule has 0 aliphatic heterocycles. The van der Waals surface area contributed by atoms with Crippen LogP contribution in [0.3, 0.4) is 0 Å². The van der Waals surface area contributed by atoms with E-state index < -0.39 is 0 Å². The van der Waals surface area contributed by atoms with Gasteiger partial charge in [0.05, 0.1) is 12.1 Å². The van der Waals surface area contributed by atoms with Crippen molar-refractivity contribution in [2.75, 3.05) is 20.1 Å². The molecule has 0 fully saturated rings. The Kier molecular flexibility index (Phi) is 4.51. The fraction of sp³-hybridized carbons (Fsp3) is 0.333. The molecule has 0 unspecified atom stereocenters. The van der Waals surface area contributed by atoms with E-state index in [0.29, 0.717) is 6.54 Å². The lowest BCUT2D eigenvalue weighted by atomic mass is 10.1. The molecule has 1 rings (SSSR count). The van der Waals surface area contributed by atoms with E-state index in [1.54, 1.807) is 19.1 Å². The van der Waals surface area contributed by atoms with Gasteiger partial charge < -0.3 is 15.3 Å². The molecule has 0 saturated carbocycles. The number of nitrogens with zero attached hydrogens (tertiary/aromatic N) is 1. The quantitative estimate of drug-likeness (QED) is 0.804. The minimum absolute atomic E-state index is 0.0137. The number of amides is 2. The Balaban J connectivity index is 2.87. The van der Waals surface area contributed by atoms with Gasteiger partial charge in [0.1, 0.15) is 5.75 Å². The zero-order valence-electron chi connectivity index (χ0n) is 9.93. The predicted molar refractivity (Wildman–Crippen MR) is 63.8 cm³/mol. The molecule has 0 aliphatic carbocycles. The second-order valence-corrected chi connectivity index (χ2v) is 3.51. The van der Waals surface area contributed by atoms with Crippen molar-refractivity contribution < 1.29 is 14.7 Å². The number of rotatable bonds is 4. The van der Waals surface area contributed by atoms with Gasteiger partial charge >= 0.3 is 0 Å². The van der Waals surface area contributed by atoms with Crippen molar-refractivity contribution in [2.45, 2.75) is 6.92 Å². The van der Waals surface area contributed by atoms with Gasteiger partial charge in [-0.2, -0.15) is 0 Å². The van der Waals surface area contributed by atoms with Crippen LogP contribution in [0.25, 0.3) is 0 Å². The average molecular weight is 236 g/mol. The van der Waals surface area contributed by atoms with Gasteiger partial charge in [-0.15, -0.1) is 0 Å². The molecule has 0 saturated heterocycles. The molecule has 2 N–H and O–H groups in total. The first kappa shape index (κ1) is 13.0. The molecule has 0 aliphatic rings. The summed E-state index contributed by atoms with van der Waals surface area (Å²) in [6, 6.07) is 6.28. The van der Waals surface area contributed by atoms with Crippen LogP contribution in [0, 0.1) is 0 Å². The molecule has 0 aromatic heterocycles. The minimum Gasteiger partial charge on any atom is -0.507 e. The summed E-state index contributed by atoms with van der Waals surface area (Å²) in [6.07, 6.45) is 0. The fourth-order valence-corrected chi connectivity index (χ4v) is 1.40. The third-order valence-electron chi connectivity index (χ3n) is 2.42. The van der Waals surface area contributed by atoms with Crippen molar-refractivity contribution in [2.24, 2.45) is 0 Å². The smallest absolute Gasteiger partial charge is 0.258 e. The van der Waals surface area contributed by atoms with Gasteiger partial charge in [0.15, 0.2) is 0 Å². The van der Waals surface area contributed by atoms with E-state index in [1.165, 1.54) is 24.1 Å². The molecule has 17 heavy (non-hydrogen) atoms. The zero-order chi connectivity index (χ0) is 12.8. The lowest BCUT2D eigenvalue weighted by molar-refractivity contribution is -0.121. The van der Waals surface area contributed by atoms with Crippen LogP contribution in [-0.4, -0.2) is 42.0 Å². The standard InChI is InChI=1S/C12H16N2O3/c1-3-14(8-11(16)13-2)12(17)9-6-4-5-7-10(9)15/h4-7,15H,3,8H2,1-2H3,(H,13,16). The molecule has 0 atom stereocenters. The Labute approximate surface area is 100 Å². The summed E-state index contributed by atoms with van der Waals surface area (Å²) >= 11 is 0. The second kappa shape index (κ2) is 5.89. The molecule has 0 spiro atoms. The SMILES string of the molecule is CCN(CC(=O)NC)C(=O)c1ccccc1O. The lowest BCUT2D eigenvalue weighted by Gasteiger charge is -2.20. The predicted octanol–water partition coefficient (Wildman–Crippen LogP) is 0.600. The average Bonchev–Trinajstić information content (AvgIpc) is 2.35. The highest BCUT2D eigenvalue weighted by Gasteiger charge is 2.18. The molecule has 0 radical (unpaired) electrons. The van der Waals surface area contributed by atoms with Crippen LogP contribution < -0.4 is 5.32 Å². The minimum atomic E-state index is -0.353. The summed E-state index contributed by atoms with van der Waals surface area (Å²) in [5.74, 6) is -0.669. The van der Waals surface area contributed by atoms with E-state index in [9.17, 15) is 14.7 Å². The van der Waals surface area contributed by atoms with Gasteiger partial charge in [0, 0.05) is 13.6 Å². The number of hydrogen-bond acceptors (Lipinski definition) is 3. The van der Waals surface area contributed by atoms with Crippen molar-refractivity contribution in [3.8, 4) is 5.75 Å². The molecule has 0 heterocycles. The first-order valence-corrected chi connectivity index (χ1v) is 5.38. The molecule has 1 aromatic rings. The van der Waals surface area contributed by atoms with Crippen molar-refractivity contribution in [3.05, 3.63) is 29.8 Å². The van der Waals surface area contributed by atoms with Crippen molar-refractivity contribution in [3.63, 3.8) is 0 Å². The summed E-state index contributed by atoms with van der Waals surface area (Å²) in [5.41, 5.74) is 0.207. The first-order valence-electron chi connectivity index (χ1n) is 5.38. The molecule has 0 bridgehead atoms. The van der Waals surface area contributed by atoms with Gasteiger partial charge in [0.2, 0.25) is 5.91 Å². The van der Waals surface area contributed by atoms with Crippen molar-refractivity contribution in [1.29, 1.82) is 0 Å². The maximum absolute atomic E-state index is 12.0. The van der Waals surface area contributed by atoms with E-state index in [4.69, 9.17) is 0 Å². The van der Waals surface area contributed by atoms with E-state index >= 15 is 0 Å². The topological polar surface area (TPSA) is 69.6 Å². The van der Waals surface area contributed by atoms with Gasteiger partial charge in [-0.25, -0.2) is 0 Å². The van der Waals surface area contributed by atoms with Crippen LogP contribution in [0.15, 0.2) is 24.3 Å². The van der Waals surface area contributed by atoms with E-state index in [1.807, 2.05) is 0 Å². The number of nitrogens with one attached hydrogen (secondary N) is 1. The Morgan fingerprint density at radius 3 is 2.53 bits per heavy atom. The number of hydrogen-bond donors (Lipinski definition) is 2. The van der Waals surface area contributed by atoms with Gasteiger partial charge in [-0.3, -0.25) is 9.59 Å². The van der Waals surface area contributed by atoms with Crippen LogP contribution in [0.2, 0.25) is 0 Å². The molecule has 5 nitrogen and oxygen atoms in total. The zero-order valence-corrected chi connectivity index (χ0v) is 9.93. The Morgan fingerprint density at radius 1 is 1.35 bits per heavy atom. The largest absolute Gasteiger partial charge is 0.507 e. The summed E-state index contributed by atoms with van der Waals surface area (Å²) in [4.78, 5) is 24.6. The number of carbonyl (C=O) groups is 2. The van der Waals surface area contributed by atoms with Gasteiger partial charge in [-0.05, 0) is 19.1 Å². The van der Waals surface area contributed by atoms with Crippen LogP contribution in [0.4, 0.5) is 0 Å². The molecule has 2 amide bonds. The highest BCUT2D eigenvalue weighted by molar-refractivity contribution is 5.98. The van der Waals surface area contributed by atoms with Gasteiger partial charge in [-0.1, -0.05) is 12.1 Å². The molecule has 92 valence electrons. The van der Waals surface area contributed by atoms with Crippen LogP contribution in [0.1, 0.15) is 17.3 Å². The van der Waals surface area contributed by atoms with Crippen molar-refractivity contribution in [1.82, 2.24) is 10.2 Å². The number of carbonyl (C=O) groups excluding carboxylic acids is 2. The summed E-state index contributed by atoms with van der Waals surface area (Å²) in [7, 11) is 1.51. The Bertz CT molecular complexity index is 418. The molecule has 5 heteroatoms. The third kappa shape index (κ3) is 3.21. The van der Waals surface area contributed by atoms with Crippen LogP contribution in [0.5, 0.6) is 5.75 Å². The molecular weight excluding hydrogens is 220 g/mol. The number of phenolic OH excluding ortho intramolecular Hbond substituents is 1. The van der Waals surface area contributed by atoms with Crippen LogP contribution >= 0.6 is 0 Å². The number of para-hydroxylation sites is 1. The maximum Gasteiger partial charge on any atom is 0.258 e. The number of benzene rings is 1. The maximum atomic E-state index is 12.0. The monoisotopic (exact) mass is 236 g/mol. The second-order valence-electron chi connectivity index (χ2n) is 3.51. The highest BCUT2D eigenvalue weighted by atomic mass is 16.3. The van der Waals surface area contributed by atoms with Gasteiger partial charge in [0.25, 0.3) is 5.91 Å². The first-order chi connectivity index (χ1) is 8.10. The summed E-state index contributed by atoms with van der Waals surface area (Å²) in [6.45, 7) is 2.17. The van der Waals surface area contributed by atoms with Crippen molar-refractivity contribution >= 4 is 11.8 Å². The normalized spacial score (nSPS) is 9.76. The Morgan fingerprint density at radius 2 is 2.00 bits per heavy atom. The van der Waals surface area contributed by atoms with E-state index in [2.05, 4.69) is 5.32 Å². The third-order valence-corrected chi connectivity index (χ3v) is 2.42. The number of phenols is 1.